The average molecular weight is 453 g/mol. The van der Waals surface area contributed by atoms with E-state index in [1.807, 2.05) is 0 Å². The number of hydrogen-bond acceptors (Lipinski definition) is 5. The third kappa shape index (κ3) is 4.52. The van der Waals surface area contributed by atoms with Gasteiger partial charge in [-0.3, -0.25) is 20.4 Å². The summed E-state index contributed by atoms with van der Waals surface area (Å²) < 4.78 is 0.729. The summed E-state index contributed by atoms with van der Waals surface area (Å²) in [5, 5.41) is 12.8. The topological polar surface area (TPSA) is 118 Å². The van der Waals surface area contributed by atoms with E-state index in [4.69, 9.17) is 11.6 Å². The Morgan fingerprint density at radius 1 is 1.30 bits per heavy atom. The van der Waals surface area contributed by atoms with E-state index >= 15 is 0 Å². The number of benzene rings is 1. The molecule has 0 fully saturated rings. The number of carbonyl (C=O) groups is 2. The molecule has 0 saturated heterocycles. The van der Waals surface area contributed by atoms with Crippen molar-refractivity contribution in [1.29, 1.82) is 0 Å². The van der Waals surface area contributed by atoms with E-state index < -0.39 is 17.9 Å². The van der Waals surface area contributed by atoms with Crippen LogP contribution in [0.2, 0.25) is 5.02 Å². The van der Waals surface area contributed by atoms with Crippen LogP contribution in [-0.2, 0) is 4.79 Å². The first kappa shape index (κ1) is 19.1. The number of hydrogen-bond donors (Lipinski definition) is 3. The van der Waals surface area contributed by atoms with Crippen LogP contribution < -0.4 is 10.9 Å². The molecule has 2 aromatic heterocycles. The number of H-pyrrole nitrogens is 1. The zero-order chi connectivity index (χ0) is 19.4. The van der Waals surface area contributed by atoms with E-state index in [2.05, 4.69) is 47.2 Å². The second-order valence-electron chi connectivity index (χ2n) is 5.54. The molecule has 11 heteroatoms. The first-order valence-electron chi connectivity index (χ1n) is 7.97. The number of rotatable bonds is 5. The van der Waals surface area contributed by atoms with Crippen LogP contribution >= 0.6 is 27.5 Å². The Hall–Kier alpha value is -2.72. The number of nitrogens with zero attached hydrogens (tertiary/aromatic N) is 4. The Morgan fingerprint density at radius 2 is 2.04 bits per heavy atom. The molecule has 140 valence electrons. The van der Waals surface area contributed by atoms with Gasteiger partial charge >= 0.3 is 0 Å². The third-order valence-corrected chi connectivity index (χ3v) is 4.40. The molecule has 0 bridgehead atoms. The first-order valence-corrected chi connectivity index (χ1v) is 9.14. The molecule has 9 nitrogen and oxygen atoms in total. The third-order valence-electron chi connectivity index (χ3n) is 3.69. The van der Waals surface area contributed by atoms with Gasteiger partial charge in [-0.05, 0) is 57.9 Å². The van der Waals surface area contributed by atoms with E-state index in [-0.39, 0.29) is 0 Å². The molecule has 1 atom stereocenters. The van der Waals surface area contributed by atoms with Gasteiger partial charge in [0, 0.05) is 21.3 Å². The van der Waals surface area contributed by atoms with Crippen LogP contribution in [0.15, 0.2) is 41.0 Å². The minimum atomic E-state index is -0.728. The molecular formula is C16H15BrClN7O2. The lowest BCUT2D eigenvalue weighted by Gasteiger charge is -2.13. The van der Waals surface area contributed by atoms with Gasteiger partial charge in [0.25, 0.3) is 11.8 Å². The summed E-state index contributed by atoms with van der Waals surface area (Å²) >= 11 is 9.11. The Bertz CT molecular complexity index is 954. The van der Waals surface area contributed by atoms with Gasteiger partial charge in [-0.1, -0.05) is 18.5 Å². The fraction of sp³-hybridized carbons (Fsp3) is 0.188. The zero-order valence-electron chi connectivity index (χ0n) is 14.1. The van der Waals surface area contributed by atoms with Crippen molar-refractivity contribution >= 4 is 39.3 Å². The van der Waals surface area contributed by atoms with Crippen molar-refractivity contribution in [3.63, 3.8) is 0 Å². The molecule has 3 rings (SSSR count). The molecule has 0 aliphatic heterocycles. The highest BCUT2D eigenvalue weighted by Gasteiger charge is 2.22. The van der Waals surface area contributed by atoms with Crippen molar-refractivity contribution in [2.45, 2.75) is 19.4 Å². The van der Waals surface area contributed by atoms with Gasteiger partial charge in [-0.25, -0.2) is 0 Å². The number of hydrazine groups is 1. The smallest absolute Gasteiger partial charge is 0.286 e. The highest BCUT2D eigenvalue weighted by molar-refractivity contribution is 9.10. The molecule has 0 saturated carbocycles. The first-order chi connectivity index (χ1) is 13.0. The van der Waals surface area contributed by atoms with Gasteiger partial charge in [0.05, 0.1) is 0 Å². The van der Waals surface area contributed by atoms with Crippen LogP contribution in [-0.4, -0.2) is 37.0 Å². The fourth-order valence-corrected chi connectivity index (χ4v) is 2.76. The summed E-state index contributed by atoms with van der Waals surface area (Å²) in [5.41, 5.74) is 5.76. The van der Waals surface area contributed by atoms with Gasteiger partial charge in [-0.2, -0.15) is 4.80 Å². The number of carbonyl (C=O) groups excluding carboxylic acids is 2. The predicted octanol–water partition coefficient (Wildman–Crippen LogP) is 2.50. The molecule has 2 heterocycles. The minimum Gasteiger partial charge on any atom is -0.356 e. The van der Waals surface area contributed by atoms with Crippen molar-refractivity contribution in [3.8, 4) is 11.4 Å². The number of amides is 2. The number of aromatic amines is 1. The van der Waals surface area contributed by atoms with Crippen LogP contribution in [0.3, 0.4) is 0 Å². The molecule has 3 aromatic rings. The maximum atomic E-state index is 12.4. The van der Waals surface area contributed by atoms with Crippen molar-refractivity contribution in [3.05, 3.63) is 51.7 Å². The molecule has 0 aliphatic rings. The summed E-state index contributed by atoms with van der Waals surface area (Å²) in [6.45, 7) is 1.81. The van der Waals surface area contributed by atoms with E-state index in [1.165, 1.54) is 4.80 Å². The summed E-state index contributed by atoms with van der Waals surface area (Å²) in [6.07, 6.45) is 2.02. The van der Waals surface area contributed by atoms with Gasteiger partial charge in [0.2, 0.25) is 5.82 Å². The molecular weight excluding hydrogens is 438 g/mol. The summed E-state index contributed by atoms with van der Waals surface area (Å²) in [4.78, 5) is 28.4. The van der Waals surface area contributed by atoms with Crippen LogP contribution in [0, 0.1) is 0 Å². The van der Waals surface area contributed by atoms with Crippen LogP contribution in [0.1, 0.15) is 29.9 Å². The zero-order valence-corrected chi connectivity index (χ0v) is 16.5. The quantitative estimate of drug-likeness (QED) is 0.514. The summed E-state index contributed by atoms with van der Waals surface area (Å²) in [5.74, 6) is -0.563. The number of nitrogens with one attached hydrogen (secondary N) is 3. The molecule has 0 spiro atoms. The average Bonchev–Trinajstić information content (AvgIpc) is 3.30. The number of aromatic nitrogens is 5. The van der Waals surface area contributed by atoms with Gasteiger partial charge in [-0.15, -0.1) is 10.2 Å². The van der Waals surface area contributed by atoms with Crippen LogP contribution in [0.5, 0.6) is 0 Å². The molecule has 0 radical (unpaired) electrons. The van der Waals surface area contributed by atoms with Gasteiger partial charge in [0.1, 0.15) is 5.69 Å². The lowest BCUT2D eigenvalue weighted by Crippen LogP contribution is -2.45. The maximum Gasteiger partial charge on any atom is 0.286 e. The standard InChI is InChI=1S/C16H15BrClN7O2/c1-2-13(16(27)22-21-15(26)12-7-10(17)8-19-12)25-23-14(20-24-25)9-3-5-11(18)6-4-9/h3-8,13,19H,2H2,1H3,(H,21,26)(H,22,27). The Kier molecular flexibility index (Phi) is 5.87. The molecule has 1 aromatic carbocycles. The highest BCUT2D eigenvalue weighted by atomic mass is 79.9. The van der Waals surface area contributed by atoms with Gasteiger partial charge in [0.15, 0.2) is 6.04 Å². The van der Waals surface area contributed by atoms with Crippen molar-refractivity contribution in [1.82, 2.24) is 36.0 Å². The fourth-order valence-electron chi connectivity index (χ4n) is 2.29. The molecule has 1 unspecified atom stereocenters. The SMILES string of the molecule is CCC(C(=O)NNC(=O)c1cc(Br)c[nH]1)n1nnc(-c2ccc(Cl)cc2)n1. The number of tetrazole rings is 1. The normalized spacial score (nSPS) is 11.8. The van der Waals surface area contributed by atoms with Crippen molar-refractivity contribution in [2.75, 3.05) is 0 Å². The summed E-state index contributed by atoms with van der Waals surface area (Å²) in [7, 11) is 0. The second-order valence-corrected chi connectivity index (χ2v) is 6.89. The van der Waals surface area contributed by atoms with E-state index in [0.29, 0.717) is 23.0 Å². The Labute approximate surface area is 167 Å². The van der Waals surface area contributed by atoms with E-state index in [0.717, 1.165) is 10.0 Å². The maximum absolute atomic E-state index is 12.4. The Morgan fingerprint density at radius 3 is 2.67 bits per heavy atom. The molecule has 3 N–H and O–H groups in total. The lowest BCUT2D eigenvalue weighted by molar-refractivity contribution is -0.125. The van der Waals surface area contributed by atoms with Crippen molar-refractivity contribution < 1.29 is 9.59 Å². The molecule has 27 heavy (non-hydrogen) atoms. The monoisotopic (exact) mass is 451 g/mol. The Balaban J connectivity index is 1.66. The second kappa shape index (κ2) is 8.31. The van der Waals surface area contributed by atoms with Crippen LogP contribution in [0.4, 0.5) is 0 Å². The molecule has 2 amide bonds. The highest BCUT2D eigenvalue weighted by Crippen LogP contribution is 2.18. The van der Waals surface area contributed by atoms with Crippen LogP contribution in [0.25, 0.3) is 11.4 Å². The van der Waals surface area contributed by atoms with Crippen molar-refractivity contribution in [2.24, 2.45) is 0 Å². The van der Waals surface area contributed by atoms with Gasteiger partial charge < -0.3 is 4.98 Å². The van der Waals surface area contributed by atoms with E-state index in [1.54, 1.807) is 43.5 Å². The number of halogens is 2. The minimum absolute atomic E-state index is 0.305. The van der Waals surface area contributed by atoms with E-state index in [9.17, 15) is 9.59 Å². The largest absolute Gasteiger partial charge is 0.356 e. The summed E-state index contributed by atoms with van der Waals surface area (Å²) in [6, 6.07) is 7.83. The predicted molar refractivity (Wildman–Crippen MR) is 102 cm³/mol. The molecule has 0 aliphatic carbocycles. The lowest BCUT2D eigenvalue weighted by atomic mass is 10.2.